The molecule has 1 heterocycles. The molecule has 10 aromatic rings. The molecule has 10 rings (SSSR count). The van der Waals surface area contributed by atoms with Crippen LogP contribution in [0.3, 0.4) is 0 Å². The maximum atomic E-state index is 5.48. The van der Waals surface area contributed by atoms with Gasteiger partial charge in [-0.15, -0.1) is 0 Å². The Bertz CT molecular complexity index is 3230. The van der Waals surface area contributed by atoms with E-state index in [1.807, 2.05) is 18.2 Å². The van der Waals surface area contributed by atoms with Gasteiger partial charge in [0.05, 0.1) is 17.1 Å². The van der Waals surface area contributed by atoms with Crippen LogP contribution in [-0.2, 0) is 0 Å². The Kier molecular flexibility index (Phi) is 10.5. The van der Waals surface area contributed by atoms with Gasteiger partial charge in [-0.1, -0.05) is 169 Å². The molecule has 0 bridgehead atoms. The average molecular weight is 828 g/mol. The summed E-state index contributed by atoms with van der Waals surface area (Å²) in [6.45, 7) is 13.2. The first-order chi connectivity index (χ1) is 31.2. The summed E-state index contributed by atoms with van der Waals surface area (Å²) in [5.41, 5.74) is 16.9. The van der Waals surface area contributed by atoms with Gasteiger partial charge in [0.1, 0.15) is 0 Å². The molecular weight excluding hydrogens is 779 g/mol. The highest BCUT2D eigenvalue weighted by Gasteiger charge is 2.25. The van der Waals surface area contributed by atoms with Gasteiger partial charge in [-0.25, -0.2) is 4.98 Å². The van der Waals surface area contributed by atoms with E-state index in [4.69, 9.17) is 15.0 Å². The number of aryl methyl sites for hydroxylation is 6. The molecule has 0 saturated carbocycles. The number of aromatic nitrogens is 3. The fraction of sp³-hybridized carbons (Fsp3) is 0.102. The lowest BCUT2D eigenvalue weighted by atomic mass is 9.94. The highest BCUT2D eigenvalue weighted by atomic mass is 15.3. The summed E-state index contributed by atoms with van der Waals surface area (Å²) >= 11 is 0. The fourth-order valence-electron chi connectivity index (χ4n) is 9.62. The zero-order valence-corrected chi connectivity index (χ0v) is 37.1. The van der Waals surface area contributed by atoms with Crippen molar-refractivity contribution < 1.29 is 0 Å². The molecule has 0 fully saturated rings. The summed E-state index contributed by atoms with van der Waals surface area (Å²) in [5, 5.41) is 4.43. The van der Waals surface area contributed by atoms with E-state index in [9.17, 15) is 0 Å². The second-order valence-electron chi connectivity index (χ2n) is 16.9. The number of nitrogens with zero attached hydrogens (tertiary/aromatic N) is 5. The van der Waals surface area contributed by atoms with Gasteiger partial charge < -0.3 is 4.90 Å². The number of hydrogen-bond donors (Lipinski definition) is 0. The number of benzene rings is 9. The molecule has 0 aliphatic rings. The Hall–Kier alpha value is -7.89. The number of anilines is 6. The van der Waals surface area contributed by atoms with Gasteiger partial charge in [-0.3, -0.25) is 4.90 Å². The van der Waals surface area contributed by atoms with Crippen molar-refractivity contribution in [1.29, 1.82) is 0 Å². The van der Waals surface area contributed by atoms with Crippen LogP contribution in [0.15, 0.2) is 188 Å². The van der Waals surface area contributed by atoms with Crippen LogP contribution in [0.1, 0.15) is 33.4 Å². The minimum absolute atomic E-state index is 0.523. The van der Waals surface area contributed by atoms with E-state index in [-0.39, 0.29) is 0 Å². The molecule has 5 heteroatoms. The molecule has 9 aromatic carbocycles. The van der Waals surface area contributed by atoms with Gasteiger partial charge in [-0.2, -0.15) is 9.97 Å². The largest absolute Gasteiger partial charge is 0.309 e. The Morgan fingerprint density at radius 2 is 0.828 bits per heavy atom. The zero-order valence-electron chi connectivity index (χ0n) is 37.1. The monoisotopic (exact) mass is 827 g/mol. The lowest BCUT2D eigenvalue weighted by Gasteiger charge is -2.32. The third-order valence-corrected chi connectivity index (χ3v) is 12.2. The molecule has 0 aliphatic carbocycles. The van der Waals surface area contributed by atoms with Crippen LogP contribution in [-0.4, -0.2) is 15.0 Å². The van der Waals surface area contributed by atoms with Crippen LogP contribution in [0.5, 0.6) is 0 Å². The predicted octanol–water partition coefficient (Wildman–Crippen LogP) is 16.0. The summed E-state index contributed by atoms with van der Waals surface area (Å²) in [7, 11) is 0. The first kappa shape index (κ1) is 40.2. The predicted molar refractivity (Wildman–Crippen MR) is 269 cm³/mol. The van der Waals surface area contributed by atoms with Crippen LogP contribution in [0.25, 0.3) is 55.4 Å². The SMILES string of the molecule is Cc1cc(C)c(N(c2ccc(N(c3nc(-c4ccccc4)nc(-c4cccc5cccc(-c6ccccc6)c45)n3)c3cccc4ccccc34)cc2)c2c(C)cc(C)cc2C)c(C)c1. The van der Waals surface area contributed by atoms with Crippen molar-refractivity contribution in [2.75, 3.05) is 9.80 Å². The molecule has 0 saturated heterocycles. The third kappa shape index (κ3) is 7.45. The molecule has 0 aliphatic heterocycles. The average Bonchev–Trinajstić information content (AvgIpc) is 3.31. The van der Waals surface area contributed by atoms with Gasteiger partial charge in [0.15, 0.2) is 11.6 Å². The number of fused-ring (bicyclic) bond motifs is 2. The molecular formula is C59H49N5. The topological polar surface area (TPSA) is 45.2 Å². The minimum atomic E-state index is 0.523. The third-order valence-electron chi connectivity index (χ3n) is 12.2. The number of hydrogen-bond acceptors (Lipinski definition) is 5. The quantitative estimate of drug-likeness (QED) is 0.145. The van der Waals surface area contributed by atoms with E-state index in [0.29, 0.717) is 17.6 Å². The smallest absolute Gasteiger partial charge is 0.238 e. The highest BCUT2D eigenvalue weighted by molar-refractivity contribution is 6.06. The van der Waals surface area contributed by atoms with Crippen molar-refractivity contribution >= 4 is 55.9 Å². The van der Waals surface area contributed by atoms with Gasteiger partial charge in [0.25, 0.3) is 0 Å². The molecule has 0 spiro atoms. The van der Waals surface area contributed by atoms with E-state index in [0.717, 1.165) is 60.9 Å². The van der Waals surface area contributed by atoms with E-state index in [2.05, 4.69) is 221 Å². The van der Waals surface area contributed by atoms with Gasteiger partial charge in [0, 0.05) is 33.3 Å². The molecule has 310 valence electrons. The summed E-state index contributed by atoms with van der Waals surface area (Å²) in [5.74, 6) is 1.72. The van der Waals surface area contributed by atoms with E-state index in [1.165, 1.54) is 44.8 Å². The van der Waals surface area contributed by atoms with Crippen LogP contribution in [0.2, 0.25) is 0 Å². The van der Waals surface area contributed by atoms with Crippen molar-refractivity contribution in [3.8, 4) is 33.9 Å². The molecule has 0 N–H and O–H groups in total. The van der Waals surface area contributed by atoms with Crippen molar-refractivity contribution in [3.63, 3.8) is 0 Å². The van der Waals surface area contributed by atoms with Crippen molar-refractivity contribution in [3.05, 3.63) is 221 Å². The first-order valence-corrected chi connectivity index (χ1v) is 21.9. The van der Waals surface area contributed by atoms with Crippen LogP contribution in [0, 0.1) is 41.5 Å². The molecule has 1 aromatic heterocycles. The van der Waals surface area contributed by atoms with E-state index >= 15 is 0 Å². The Morgan fingerprint density at radius 3 is 1.44 bits per heavy atom. The fourth-order valence-corrected chi connectivity index (χ4v) is 9.62. The van der Waals surface area contributed by atoms with E-state index in [1.54, 1.807) is 0 Å². The van der Waals surface area contributed by atoms with Crippen LogP contribution in [0.4, 0.5) is 34.4 Å². The Morgan fingerprint density at radius 1 is 0.359 bits per heavy atom. The van der Waals surface area contributed by atoms with Crippen molar-refractivity contribution in [1.82, 2.24) is 15.0 Å². The molecule has 0 atom stereocenters. The van der Waals surface area contributed by atoms with Crippen LogP contribution >= 0.6 is 0 Å². The second-order valence-corrected chi connectivity index (χ2v) is 16.9. The Labute approximate surface area is 376 Å². The van der Waals surface area contributed by atoms with Gasteiger partial charge in [-0.05, 0) is 116 Å². The molecule has 0 radical (unpaired) electrons. The lowest BCUT2D eigenvalue weighted by molar-refractivity contribution is 1.03. The van der Waals surface area contributed by atoms with Crippen molar-refractivity contribution in [2.45, 2.75) is 41.5 Å². The maximum Gasteiger partial charge on any atom is 0.238 e. The van der Waals surface area contributed by atoms with Gasteiger partial charge in [0.2, 0.25) is 5.95 Å². The van der Waals surface area contributed by atoms with Crippen LogP contribution < -0.4 is 9.80 Å². The zero-order chi connectivity index (χ0) is 43.9. The number of rotatable bonds is 9. The van der Waals surface area contributed by atoms with Crippen molar-refractivity contribution in [2.24, 2.45) is 0 Å². The summed E-state index contributed by atoms with van der Waals surface area (Å²) < 4.78 is 0. The summed E-state index contributed by atoms with van der Waals surface area (Å²) in [6.07, 6.45) is 0. The minimum Gasteiger partial charge on any atom is -0.309 e. The maximum absolute atomic E-state index is 5.48. The summed E-state index contributed by atoms with van der Waals surface area (Å²) in [6, 6.07) is 66.6. The van der Waals surface area contributed by atoms with Gasteiger partial charge >= 0.3 is 0 Å². The molecule has 5 nitrogen and oxygen atoms in total. The normalized spacial score (nSPS) is 11.3. The second kappa shape index (κ2) is 16.8. The lowest BCUT2D eigenvalue weighted by Crippen LogP contribution is -2.17. The summed E-state index contributed by atoms with van der Waals surface area (Å²) in [4.78, 5) is 20.8. The highest BCUT2D eigenvalue weighted by Crippen LogP contribution is 2.45. The molecule has 0 amide bonds. The molecule has 64 heavy (non-hydrogen) atoms. The first-order valence-electron chi connectivity index (χ1n) is 21.9. The Balaban J connectivity index is 1.22. The standard InChI is InChI=1S/C59H49N5/c1-38-34-40(3)55(41(4)35-38)64(56-42(5)36-39(2)37-43(56)6)49-32-30-48(31-33-49)63(53-29-17-23-44-20-13-14-26-50(44)53)59-61-57(47-21-11-8-12-22-47)60-58(62-59)52-28-16-25-46-24-15-27-51(54(46)52)45-18-9-7-10-19-45/h7-37H,1-6H3. The van der Waals surface area contributed by atoms with E-state index < -0.39 is 0 Å². The molecule has 0 unspecified atom stereocenters.